The number of allylic oxidation sites excluding steroid dienone is 2. The maximum atomic E-state index is 5.04. The summed E-state index contributed by atoms with van der Waals surface area (Å²) >= 11 is 5.04. The minimum Gasteiger partial charge on any atom is -0.307 e. The maximum Gasteiger partial charge on any atom is 0.0473 e. The number of hydrogen-bond acceptors (Lipinski definition) is 2. The first-order valence-electron chi connectivity index (χ1n) is 3.52. The van der Waals surface area contributed by atoms with Crippen LogP contribution < -0.4 is 5.32 Å². The summed E-state index contributed by atoms with van der Waals surface area (Å²) in [5, 5.41) is 3.36. The highest BCUT2D eigenvalue weighted by Gasteiger charge is 2.19. The lowest BCUT2D eigenvalue weighted by molar-refractivity contribution is 0.773. The van der Waals surface area contributed by atoms with Crippen LogP contribution in [0.1, 0.15) is 6.42 Å². The molecule has 52 valence electrons. The largest absolute Gasteiger partial charge is 0.307 e. The van der Waals surface area contributed by atoms with Gasteiger partial charge in [-0.05, 0) is 30.7 Å². The lowest BCUT2D eigenvalue weighted by Crippen LogP contribution is -2.21. The monoisotopic (exact) mass is 151 g/mol. The van der Waals surface area contributed by atoms with E-state index in [4.69, 9.17) is 12.2 Å². The highest BCUT2D eigenvalue weighted by Crippen LogP contribution is 2.18. The summed E-state index contributed by atoms with van der Waals surface area (Å²) in [5.74, 6) is 0. The van der Waals surface area contributed by atoms with Crippen molar-refractivity contribution in [3.63, 3.8) is 0 Å². The van der Waals surface area contributed by atoms with Gasteiger partial charge in [0.15, 0.2) is 0 Å². The van der Waals surface area contributed by atoms with E-state index in [-0.39, 0.29) is 0 Å². The Hall–Kier alpha value is -0.470. The number of nitrogens with one attached hydrogen (secondary N) is 1. The summed E-state index contributed by atoms with van der Waals surface area (Å²) in [7, 11) is 0. The van der Waals surface area contributed by atoms with Gasteiger partial charge in [0, 0.05) is 10.9 Å². The Balaban J connectivity index is 2.30. The Morgan fingerprint density at radius 3 is 3.40 bits per heavy atom. The van der Waals surface area contributed by atoms with Gasteiger partial charge in [0.1, 0.15) is 0 Å². The minimum atomic E-state index is 0.492. The van der Waals surface area contributed by atoms with E-state index in [1.54, 1.807) is 0 Å². The minimum absolute atomic E-state index is 0.492. The van der Waals surface area contributed by atoms with Crippen molar-refractivity contribution >= 4 is 17.1 Å². The van der Waals surface area contributed by atoms with Gasteiger partial charge in [-0.25, -0.2) is 0 Å². The third-order valence-corrected chi connectivity index (χ3v) is 2.21. The first kappa shape index (κ1) is 6.25. The lowest BCUT2D eigenvalue weighted by Gasteiger charge is -2.10. The van der Waals surface area contributed by atoms with Crippen LogP contribution in [-0.2, 0) is 0 Å². The smallest absolute Gasteiger partial charge is 0.0473 e. The van der Waals surface area contributed by atoms with Crippen molar-refractivity contribution in [1.82, 2.24) is 5.32 Å². The summed E-state index contributed by atoms with van der Waals surface area (Å²) in [6, 6.07) is 0.492. The molecule has 2 rings (SSSR count). The standard InChI is InChI=1S/C8H9NS/c10-7-1-2-8-6(5-7)3-4-9-8/h1-2,5,8-9H,3-4H2/t8-/m0/s1. The Labute approximate surface area is 65.8 Å². The zero-order valence-corrected chi connectivity index (χ0v) is 6.45. The molecule has 0 amide bonds. The van der Waals surface area contributed by atoms with Gasteiger partial charge in [0.05, 0.1) is 0 Å². The second-order valence-corrected chi connectivity index (χ2v) is 3.13. The maximum absolute atomic E-state index is 5.04. The van der Waals surface area contributed by atoms with Crippen LogP contribution in [0, 0.1) is 0 Å². The first-order valence-corrected chi connectivity index (χ1v) is 3.93. The molecule has 1 aliphatic heterocycles. The zero-order valence-electron chi connectivity index (χ0n) is 5.63. The molecule has 0 unspecified atom stereocenters. The van der Waals surface area contributed by atoms with Crippen molar-refractivity contribution < 1.29 is 0 Å². The van der Waals surface area contributed by atoms with Crippen molar-refractivity contribution in [3.05, 3.63) is 23.8 Å². The molecule has 0 aromatic rings. The van der Waals surface area contributed by atoms with E-state index in [1.165, 1.54) is 5.57 Å². The molecular weight excluding hydrogens is 142 g/mol. The molecule has 0 spiro atoms. The first-order chi connectivity index (χ1) is 4.86. The van der Waals surface area contributed by atoms with Crippen LogP contribution in [0.25, 0.3) is 0 Å². The van der Waals surface area contributed by atoms with Gasteiger partial charge >= 0.3 is 0 Å². The Kier molecular flexibility index (Phi) is 1.43. The van der Waals surface area contributed by atoms with E-state index in [2.05, 4.69) is 17.5 Å². The average molecular weight is 151 g/mol. The molecule has 1 nitrogen and oxygen atoms in total. The molecular formula is C8H9NS. The average Bonchev–Trinajstić information content (AvgIpc) is 2.33. The van der Waals surface area contributed by atoms with Gasteiger partial charge in [-0.15, -0.1) is 0 Å². The Morgan fingerprint density at radius 2 is 2.50 bits per heavy atom. The Bertz CT molecular complexity index is 227. The third kappa shape index (κ3) is 0.935. The molecule has 0 saturated carbocycles. The molecule has 1 saturated heterocycles. The molecule has 0 bridgehead atoms. The van der Waals surface area contributed by atoms with E-state index in [0.29, 0.717) is 6.04 Å². The second-order valence-electron chi connectivity index (χ2n) is 2.66. The topological polar surface area (TPSA) is 12.0 Å². The molecule has 1 heterocycles. The molecule has 0 aromatic carbocycles. The molecule has 2 heteroatoms. The van der Waals surface area contributed by atoms with Gasteiger partial charge < -0.3 is 5.32 Å². The quantitative estimate of drug-likeness (QED) is 0.522. The van der Waals surface area contributed by atoms with Crippen LogP contribution in [0.15, 0.2) is 23.8 Å². The van der Waals surface area contributed by atoms with Crippen LogP contribution in [0.5, 0.6) is 0 Å². The molecule has 0 radical (unpaired) electrons. The number of fused-ring (bicyclic) bond motifs is 1. The molecule has 2 aliphatic rings. The highest BCUT2D eigenvalue weighted by molar-refractivity contribution is 7.81. The van der Waals surface area contributed by atoms with Crippen molar-refractivity contribution in [3.8, 4) is 0 Å². The van der Waals surface area contributed by atoms with Gasteiger partial charge in [0.25, 0.3) is 0 Å². The second kappa shape index (κ2) is 2.29. The van der Waals surface area contributed by atoms with Crippen LogP contribution in [0.3, 0.4) is 0 Å². The SMILES string of the molecule is S=C1C=C[C@@H]2NCCC2=C1. The highest BCUT2D eigenvalue weighted by atomic mass is 32.1. The van der Waals surface area contributed by atoms with E-state index < -0.39 is 0 Å². The number of rotatable bonds is 0. The number of hydrogen-bond donors (Lipinski definition) is 1. The van der Waals surface area contributed by atoms with E-state index in [0.717, 1.165) is 17.8 Å². The molecule has 1 N–H and O–H groups in total. The van der Waals surface area contributed by atoms with Crippen molar-refractivity contribution in [2.24, 2.45) is 0 Å². The van der Waals surface area contributed by atoms with Crippen LogP contribution in [0.2, 0.25) is 0 Å². The molecule has 0 aromatic heterocycles. The van der Waals surface area contributed by atoms with E-state index in [1.807, 2.05) is 6.08 Å². The molecule has 10 heavy (non-hydrogen) atoms. The molecule has 1 atom stereocenters. The predicted molar refractivity (Wildman–Crippen MR) is 46.2 cm³/mol. The van der Waals surface area contributed by atoms with Gasteiger partial charge in [-0.1, -0.05) is 18.3 Å². The fraction of sp³-hybridized carbons (Fsp3) is 0.375. The fourth-order valence-corrected chi connectivity index (χ4v) is 1.66. The zero-order chi connectivity index (χ0) is 6.97. The fourth-order valence-electron chi connectivity index (χ4n) is 1.43. The summed E-state index contributed by atoms with van der Waals surface area (Å²) in [6.07, 6.45) is 7.42. The number of thiocarbonyl (C=S) groups is 1. The van der Waals surface area contributed by atoms with Crippen molar-refractivity contribution in [2.75, 3.05) is 6.54 Å². The third-order valence-electron chi connectivity index (χ3n) is 1.96. The summed E-state index contributed by atoms with van der Waals surface area (Å²) in [6.45, 7) is 1.10. The van der Waals surface area contributed by atoms with Crippen LogP contribution >= 0.6 is 12.2 Å². The summed E-state index contributed by atoms with van der Waals surface area (Å²) in [5.41, 5.74) is 1.45. The van der Waals surface area contributed by atoms with Crippen LogP contribution in [-0.4, -0.2) is 17.5 Å². The Morgan fingerprint density at radius 1 is 1.60 bits per heavy atom. The molecule has 1 fully saturated rings. The lowest BCUT2D eigenvalue weighted by atomic mass is 10.0. The molecule has 1 aliphatic carbocycles. The van der Waals surface area contributed by atoms with Gasteiger partial charge in [-0.3, -0.25) is 0 Å². The van der Waals surface area contributed by atoms with Crippen molar-refractivity contribution in [2.45, 2.75) is 12.5 Å². The van der Waals surface area contributed by atoms with Gasteiger partial charge in [-0.2, -0.15) is 0 Å². The predicted octanol–water partition coefficient (Wildman–Crippen LogP) is 1.21. The van der Waals surface area contributed by atoms with E-state index in [9.17, 15) is 0 Å². The summed E-state index contributed by atoms with van der Waals surface area (Å²) < 4.78 is 0. The van der Waals surface area contributed by atoms with Crippen LogP contribution in [0.4, 0.5) is 0 Å². The van der Waals surface area contributed by atoms with Gasteiger partial charge in [0.2, 0.25) is 0 Å². The normalized spacial score (nSPS) is 30.2. The van der Waals surface area contributed by atoms with E-state index >= 15 is 0 Å². The summed E-state index contributed by atoms with van der Waals surface area (Å²) in [4.78, 5) is 0.968. The van der Waals surface area contributed by atoms with Crippen molar-refractivity contribution in [1.29, 1.82) is 0 Å².